The van der Waals surface area contributed by atoms with E-state index in [4.69, 9.17) is 11.6 Å². The number of nitrogens with one attached hydrogen (secondary N) is 3. The Hall–Kier alpha value is -3.95. The van der Waals surface area contributed by atoms with Crippen LogP contribution in [0.3, 0.4) is 0 Å². The van der Waals surface area contributed by atoms with Gasteiger partial charge in [-0.05, 0) is 42.3 Å². The van der Waals surface area contributed by atoms with E-state index in [9.17, 15) is 19.5 Å². The highest BCUT2D eigenvalue weighted by Gasteiger charge is 2.22. The molecule has 3 aromatic carbocycles. The second kappa shape index (κ2) is 9.90. The number of fused-ring (bicyclic) bond motifs is 1. The number of thiazole rings is 1. The molecular formula is C24H19ClN4O4S. The Balaban J connectivity index is 1.48. The standard InChI is InChI=1S/C24H19ClN4O4S/c1-13-6-5-9-16(25)19(13)27-21(30)15-10-11-17-18(12-15)34-24(26-17)29-23(33)28-20(22(31)32)14-7-3-2-4-8-14/h2-12,20H,1H3,(H,27,30)(H,31,32)(H2,26,28,29,33). The van der Waals surface area contributed by atoms with E-state index in [0.717, 1.165) is 16.9 Å². The summed E-state index contributed by atoms with van der Waals surface area (Å²) < 4.78 is 0.677. The Morgan fingerprint density at radius 1 is 1.00 bits per heavy atom. The lowest BCUT2D eigenvalue weighted by atomic mass is 10.1. The van der Waals surface area contributed by atoms with Crippen molar-refractivity contribution in [2.45, 2.75) is 13.0 Å². The zero-order valence-corrected chi connectivity index (χ0v) is 19.4. The summed E-state index contributed by atoms with van der Waals surface area (Å²) in [5, 5.41) is 18.0. The number of carboxylic acid groups (broad SMARTS) is 1. The van der Waals surface area contributed by atoms with E-state index in [1.165, 1.54) is 0 Å². The van der Waals surface area contributed by atoms with Crippen molar-refractivity contribution in [2.24, 2.45) is 0 Å². The van der Waals surface area contributed by atoms with Crippen LogP contribution < -0.4 is 16.0 Å². The number of hydrogen-bond acceptors (Lipinski definition) is 5. The number of para-hydroxylation sites is 1. The number of aliphatic carboxylic acids is 1. The molecule has 0 aliphatic heterocycles. The molecule has 172 valence electrons. The molecule has 0 saturated heterocycles. The minimum atomic E-state index is -1.21. The van der Waals surface area contributed by atoms with Gasteiger partial charge in [0.1, 0.15) is 0 Å². The molecule has 0 saturated carbocycles. The van der Waals surface area contributed by atoms with Crippen molar-refractivity contribution in [3.8, 4) is 0 Å². The summed E-state index contributed by atoms with van der Waals surface area (Å²) in [6.45, 7) is 1.85. The number of urea groups is 1. The average molecular weight is 495 g/mol. The predicted molar refractivity (Wildman–Crippen MR) is 133 cm³/mol. The van der Waals surface area contributed by atoms with Gasteiger partial charge in [0, 0.05) is 5.56 Å². The van der Waals surface area contributed by atoms with Crippen molar-refractivity contribution in [3.63, 3.8) is 0 Å². The number of nitrogens with zero attached hydrogens (tertiary/aromatic N) is 1. The summed E-state index contributed by atoms with van der Waals surface area (Å²) in [6, 6.07) is 16.8. The van der Waals surface area contributed by atoms with Crippen LogP contribution in [0.25, 0.3) is 10.2 Å². The lowest BCUT2D eigenvalue weighted by Gasteiger charge is -2.14. The number of aromatic nitrogens is 1. The lowest BCUT2D eigenvalue weighted by Crippen LogP contribution is -2.36. The van der Waals surface area contributed by atoms with Crippen molar-refractivity contribution in [3.05, 3.63) is 88.4 Å². The largest absolute Gasteiger partial charge is 0.479 e. The minimum absolute atomic E-state index is 0.268. The molecule has 1 atom stereocenters. The Bertz CT molecular complexity index is 1370. The second-order valence-electron chi connectivity index (χ2n) is 7.37. The number of hydrogen-bond donors (Lipinski definition) is 4. The van der Waals surface area contributed by atoms with E-state index in [1.54, 1.807) is 60.7 Å². The summed E-state index contributed by atoms with van der Waals surface area (Å²) in [5.74, 6) is -1.51. The van der Waals surface area contributed by atoms with Crippen molar-refractivity contribution >= 4 is 61.9 Å². The fourth-order valence-corrected chi connectivity index (χ4v) is 4.46. The number of carboxylic acids is 1. The van der Waals surface area contributed by atoms with Gasteiger partial charge >= 0.3 is 12.0 Å². The van der Waals surface area contributed by atoms with Crippen molar-refractivity contribution in [1.29, 1.82) is 0 Å². The van der Waals surface area contributed by atoms with Crippen LogP contribution >= 0.6 is 22.9 Å². The molecule has 1 aromatic heterocycles. The first-order valence-electron chi connectivity index (χ1n) is 10.1. The molecule has 0 radical (unpaired) electrons. The van der Waals surface area contributed by atoms with Gasteiger partial charge in [0.25, 0.3) is 5.91 Å². The maximum atomic E-state index is 12.7. The van der Waals surface area contributed by atoms with E-state index in [0.29, 0.717) is 32.1 Å². The maximum Gasteiger partial charge on any atom is 0.330 e. The third kappa shape index (κ3) is 5.16. The van der Waals surface area contributed by atoms with Gasteiger partial charge in [-0.25, -0.2) is 14.6 Å². The molecule has 4 rings (SSSR count). The molecular weight excluding hydrogens is 476 g/mol. The fourth-order valence-electron chi connectivity index (χ4n) is 3.29. The molecule has 0 aliphatic rings. The highest BCUT2D eigenvalue weighted by Crippen LogP contribution is 2.29. The smallest absolute Gasteiger partial charge is 0.330 e. The van der Waals surface area contributed by atoms with Gasteiger partial charge in [-0.15, -0.1) is 0 Å². The molecule has 1 heterocycles. The number of rotatable bonds is 6. The summed E-state index contributed by atoms with van der Waals surface area (Å²) >= 11 is 7.36. The Morgan fingerprint density at radius 2 is 1.76 bits per heavy atom. The zero-order chi connectivity index (χ0) is 24.2. The van der Waals surface area contributed by atoms with E-state index >= 15 is 0 Å². The molecule has 0 spiro atoms. The number of amides is 3. The first-order valence-corrected chi connectivity index (χ1v) is 11.3. The van der Waals surface area contributed by atoms with Crippen LogP contribution in [0.15, 0.2) is 66.7 Å². The summed E-state index contributed by atoms with van der Waals surface area (Å²) in [5.41, 5.74) is 2.82. The van der Waals surface area contributed by atoms with Crippen LogP contribution in [-0.4, -0.2) is 28.0 Å². The zero-order valence-electron chi connectivity index (χ0n) is 17.8. The molecule has 0 aliphatic carbocycles. The fraction of sp³-hybridized carbons (Fsp3) is 0.0833. The summed E-state index contributed by atoms with van der Waals surface area (Å²) in [6.07, 6.45) is 0. The summed E-state index contributed by atoms with van der Waals surface area (Å²) in [7, 11) is 0. The molecule has 0 fully saturated rings. The van der Waals surface area contributed by atoms with Crippen LogP contribution in [0, 0.1) is 6.92 Å². The topological polar surface area (TPSA) is 120 Å². The van der Waals surface area contributed by atoms with Crippen LogP contribution in [0.4, 0.5) is 15.6 Å². The lowest BCUT2D eigenvalue weighted by molar-refractivity contribution is -0.139. The van der Waals surface area contributed by atoms with Crippen LogP contribution in [-0.2, 0) is 4.79 Å². The first-order chi connectivity index (χ1) is 16.3. The van der Waals surface area contributed by atoms with Gasteiger partial charge < -0.3 is 15.7 Å². The quantitative estimate of drug-likeness (QED) is 0.284. The number of anilines is 2. The van der Waals surface area contributed by atoms with Gasteiger partial charge in [-0.1, -0.05) is 65.4 Å². The van der Waals surface area contributed by atoms with Crippen LogP contribution in [0.5, 0.6) is 0 Å². The van der Waals surface area contributed by atoms with Crippen LogP contribution in [0.2, 0.25) is 5.02 Å². The number of benzene rings is 3. The number of aryl methyl sites for hydroxylation is 1. The summed E-state index contributed by atoms with van der Waals surface area (Å²) in [4.78, 5) is 41.1. The monoisotopic (exact) mass is 494 g/mol. The Kier molecular flexibility index (Phi) is 6.76. The number of halogens is 1. The van der Waals surface area contributed by atoms with Crippen LogP contribution in [0.1, 0.15) is 27.5 Å². The van der Waals surface area contributed by atoms with Crippen molar-refractivity contribution in [1.82, 2.24) is 10.3 Å². The highest BCUT2D eigenvalue weighted by atomic mass is 35.5. The average Bonchev–Trinajstić information content (AvgIpc) is 3.21. The SMILES string of the molecule is Cc1cccc(Cl)c1NC(=O)c1ccc2nc(NC(=O)NC(C(=O)O)c3ccccc3)sc2c1. The molecule has 10 heteroatoms. The Morgan fingerprint density at radius 3 is 2.47 bits per heavy atom. The molecule has 0 bridgehead atoms. The van der Waals surface area contributed by atoms with Crippen molar-refractivity contribution in [2.75, 3.05) is 10.6 Å². The van der Waals surface area contributed by atoms with Gasteiger partial charge in [-0.2, -0.15) is 0 Å². The van der Waals surface area contributed by atoms with E-state index in [1.807, 2.05) is 13.0 Å². The normalized spacial score (nSPS) is 11.6. The number of carbonyl (C=O) groups excluding carboxylic acids is 2. The highest BCUT2D eigenvalue weighted by molar-refractivity contribution is 7.22. The molecule has 4 N–H and O–H groups in total. The minimum Gasteiger partial charge on any atom is -0.479 e. The molecule has 3 amide bonds. The third-order valence-corrected chi connectivity index (χ3v) is 6.24. The van der Waals surface area contributed by atoms with Gasteiger partial charge in [0.05, 0.1) is 20.9 Å². The molecule has 1 unspecified atom stereocenters. The van der Waals surface area contributed by atoms with Gasteiger partial charge in [0.2, 0.25) is 0 Å². The van der Waals surface area contributed by atoms with E-state index in [-0.39, 0.29) is 11.0 Å². The van der Waals surface area contributed by atoms with E-state index in [2.05, 4.69) is 20.9 Å². The third-order valence-electron chi connectivity index (χ3n) is 4.99. The van der Waals surface area contributed by atoms with Crippen molar-refractivity contribution < 1.29 is 19.5 Å². The first kappa shape index (κ1) is 23.2. The Labute approximate surface area is 203 Å². The second-order valence-corrected chi connectivity index (χ2v) is 8.81. The number of carbonyl (C=O) groups is 3. The molecule has 34 heavy (non-hydrogen) atoms. The van der Waals surface area contributed by atoms with Gasteiger partial charge in [0.15, 0.2) is 11.2 Å². The van der Waals surface area contributed by atoms with Gasteiger partial charge in [-0.3, -0.25) is 10.1 Å². The molecule has 4 aromatic rings. The molecule has 8 nitrogen and oxygen atoms in total. The van der Waals surface area contributed by atoms with E-state index < -0.39 is 18.0 Å². The maximum absolute atomic E-state index is 12.7. The predicted octanol–water partition coefficient (Wildman–Crippen LogP) is 5.46.